The van der Waals surface area contributed by atoms with Gasteiger partial charge in [0.2, 0.25) is 0 Å². The monoisotopic (exact) mass is 348 g/mol. The first-order valence-electron chi connectivity index (χ1n) is 9.48. The van der Waals surface area contributed by atoms with Crippen molar-refractivity contribution in [1.29, 1.82) is 0 Å². The van der Waals surface area contributed by atoms with Crippen molar-refractivity contribution >= 4 is 6.09 Å². The quantitative estimate of drug-likeness (QED) is 0.823. The van der Waals surface area contributed by atoms with E-state index >= 15 is 0 Å². The van der Waals surface area contributed by atoms with Gasteiger partial charge in [0.15, 0.2) is 0 Å². The minimum atomic E-state index is -0.461. The summed E-state index contributed by atoms with van der Waals surface area (Å²) in [6.07, 6.45) is 8.71. The zero-order valence-electron chi connectivity index (χ0n) is 16.0. The van der Waals surface area contributed by atoms with Gasteiger partial charge in [-0.2, -0.15) is 5.10 Å². The average Bonchev–Trinajstić information content (AvgIpc) is 3.20. The summed E-state index contributed by atoms with van der Waals surface area (Å²) in [5.74, 6) is 1.30. The number of hydrogen-bond donors (Lipinski definition) is 1. The molecule has 2 aliphatic rings. The number of aromatic nitrogens is 2. The van der Waals surface area contributed by atoms with E-state index in [2.05, 4.69) is 21.5 Å². The van der Waals surface area contributed by atoms with E-state index in [0.29, 0.717) is 12.5 Å². The van der Waals surface area contributed by atoms with Crippen molar-refractivity contribution < 1.29 is 9.53 Å². The highest BCUT2D eigenvalue weighted by Crippen LogP contribution is 2.41. The highest BCUT2D eigenvalue weighted by atomic mass is 16.6. The van der Waals surface area contributed by atoms with Crippen molar-refractivity contribution in [1.82, 2.24) is 20.0 Å². The molecule has 6 heteroatoms. The first-order valence-corrected chi connectivity index (χ1v) is 9.48. The van der Waals surface area contributed by atoms with E-state index in [0.717, 1.165) is 24.9 Å². The Bertz CT molecular complexity index is 588. The van der Waals surface area contributed by atoms with Crippen molar-refractivity contribution in [2.45, 2.75) is 58.1 Å². The molecule has 0 aromatic carbocycles. The molecule has 1 aromatic rings. The molecule has 0 spiro atoms. The summed E-state index contributed by atoms with van der Waals surface area (Å²) >= 11 is 0. The predicted molar refractivity (Wildman–Crippen MR) is 97.3 cm³/mol. The Morgan fingerprint density at radius 2 is 2.16 bits per heavy atom. The van der Waals surface area contributed by atoms with E-state index in [1.165, 1.54) is 31.4 Å². The van der Waals surface area contributed by atoms with Crippen LogP contribution in [0.25, 0.3) is 0 Å². The summed E-state index contributed by atoms with van der Waals surface area (Å²) in [5.41, 5.74) is 0.763. The molecule has 2 fully saturated rings. The van der Waals surface area contributed by atoms with Gasteiger partial charge in [0, 0.05) is 32.4 Å². The molecule has 1 saturated carbocycles. The maximum absolute atomic E-state index is 12.0. The van der Waals surface area contributed by atoms with Crippen molar-refractivity contribution in [3.05, 3.63) is 18.0 Å². The lowest BCUT2D eigenvalue weighted by Crippen LogP contribution is -2.52. The lowest BCUT2D eigenvalue weighted by Gasteiger charge is -2.43. The number of ether oxygens (including phenoxy) is 1. The van der Waals surface area contributed by atoms with Gasteiger partial charge in [-0.15, -0.1) is 0 Å². The van der Waals surface area contributed by atoms with Crippen molar-refractivity contribution in [2.24, 2.45) is 18.9 Å². The predicted octanol–water partition coefficient (Wildman–Crippen LogP) is 2.59. The van der Waals surface area contributed by atoms with Gasteiger partial charge in [0.25, 0.3) is 0 Å². The second-order valence-electron chi connectivity index (χ2n) is 8.66. The zero-order chi connectivity index (χ0) is 18.0. The van der Waals surface area contributed by atoms with Gasteiger partial charge in [-0.1, -0.05) is 0 Å². The highest BCUT2D eigenvalue weighted by Gasteiger charge is 2.41. The van der Waals surface area contributed by atoms with E-state index in [1.54, 1.807) is 0 Å². The molecule has 6 nitrogen and oxygen atoms in total. The minimum Gasteiger partial charge on any atom is -0.444 e. The number of alkyl carbamates (subject to hydrolysis) is 1. The summed E-state index contributed by atoms with van der Waals surface area (Å²) in [5, 5.41) is 7.24. The fraction of sp³-hybridized carbons (Fsp3) is 0.789. The van der Waals surface area contributed by atoms with Crippen LogP contribution >= 0.6 is 0 Å². The number of nitrogens with one attached hydrogen (secondary N) is 1. The Kier molecular flexibility index (Phi) is 5.37. The molecular formula is C19H32N4O2. The number of likely N-dealkylation sites (tertiary alicyclic amines) is 1. The molecule has 140 valence electrons. The Morgan fingerprint density at radius 1 is 1.40 bits per heavy atom. The van der Waals surface area contributed by atoms with Crippen LogP contribution in [0.4, 0.5) is 4.79 Å². The SMILES string of the molecule is Cn1cc(CC(CNC(=O)OC(C)(C)C)CN2CCC2C2CC2)cn1. The van der Waals surface area contributed by atoms with Crippen LogP contribution in [-0.4, -0.2) is 52.1 Å². The van der Waals surface area contributed by atoms with Crippen LogP contribution in [-0.2, 0) is 18.2 Å². The van der Waals surface area contributed by atoms with Crippen LogP contribution in [0.3, 0.4) is 0 Å². The van der Waals surface area contributed by atoms with Crippen LogP contribution in [0.1, 0.15) is 45.6 Å². The topological polar surface area (TPSA) is 59.4 Å². The van der Waals surface area contributed by atoms with Gasteiger partial charge in [-0.3, -0.25) is 9.58 Å². The van der Waals surface area contributed by atoms with Gasteiger partial charge < -0.3 is 10.1 Å². The van der Waals surface area contributed by atoms with Crippen LogP contribution in [0, 0.1) is 11.8 Å². The van der Waals surface area contributed by atoms with Crippen molar-refractivity contribution in [3.63, 3.8) is 0 Å². The molecule has 0 bridgehead atoms. The zero-order valence-corrected chi connectivity index (χ0v) is 16.0. The van der Waals surface area contributed by atoms with Crippen LogP contribution in [0.5, 0.6) is 0 Å². The van der Waals surface area contributed by atoms with E-state index in [-0.39, 0.29) is 6.09 Å². The van der Waals surface area contributed by atoms with Gasteiger partial charge in [-0.25, -0.2) is 4.79 Å². The molecule has 1 aliphatic carbocycles. The standard InChI is InChI=1S/C19H32N4O2/c1-19(2,3)25-18(24)20-10-14(9-15-11-21-22(4)12-15)13-23-8-7-17(23)16-5-6-16/h11-12,14,16-17H,5-10,13H2,1-4H3,(H,20,24). The van der Waals surface area contributed by atoms with E-state index in [9.17, 15) is 4.79 Å². The molecule has 1 saturated heterocycles. The molecule has 3 rings (SSSR count). The fourth-order valence-corrected chi connectivity index (χ4v) is 3.69. The molecule has 1 amide bonds. The summed E-state index contributed by atoms with van der Waals surface area (Å²) in [6.45, 7) is 8.53. The second kappa shape index (κ2) is 7.36. The van der Waals surface area contributed by atoms with E-state index in [4.69, 9.17) is 4.74 Å². The Hall–Kier alpha value is -1.56. The maximum atomic E-state index is 12.0. The van der Waals surface area contributed by atoms with Crippen LogP contribution in [0.2, 0.25) is 0 Å². The Balaban J connectivity index is 1.54. The number of carbonyl (C=O) groups excluding carboxylic acids is 1. The maximum Gasteiger partial charge on any atom is 0.407 e. The van der Waals surface area contributed by atoms with Gasteiger partial charge >= 0.3 is 6.09 Å². The molecule has 1 N–H and O–H groups in total. The van der Waals surface area contributed by atoms with Crippen LogP contribution < -0.4 is 5.32 Å². The largest absolute Gasteiger partial charge is 0.444 e. The molecule has 2 heterocycles. The highest BCUT2D eigenvalue weighted by molar-refractivity contribution is 5.67. The third-order valence-electron chi connectivity index (χ3n) is 5.06. The molecule has 1 aliphatic heterocycles. The lowest BCUT2D eigenvalue weighted by atomic mass is 9.93. The minimum absolute atomic E-state index is 0.328. The third kappa shape index (κ3) is 5.46. The summed E-state index contributed by atoms with van der Waals surface area (Å²) in [7, 11) is 1.94. The summed E-state index contributed by atoms with van der Waals surface area (Å²) in [4.78, 5) is 14.6. The number of nitrogens with zero attached hydrogens (tertiary/aromatic N) is 3. The number of rotatable bonds is 7. The van der Waals surface area contributed by atoms with Crippen LogP contribution in [0.15, 0.2) is 12.4 Å². The Labute approximate surface area is 150 Å². The average molecular weight is 348 g/mol. The summed E-state index contributed by atoms with van der Waals surface area (Å²) in [6, 6.07) is 0.776. The van der Waals surface area contributed by atoms with E-state index < -0.39 is 5.60 Å². The third-order valence-corrected chi connectivity index (χ3v) is 5.06. The van der Waals surface area contributed by atoms with Gasteiger partial charge in [-0.05, 0) is 70.4 Å². The molecule has 1 aromatic heterocycles. The number of amides is 1. The smallest absolute Gasteiger partial charge is 0.407 e. The first kappa shape index (κ1) is 18.2. The Morgan fingerprint density at radius 3 is 2.68 bits per heavy atom. The van der Waals surface area contributed by atoms with Gasteiger partial charge in [0.05, 0.1) is 6.20 Å². The molecule has 0 radical (unpaired) electrons. The lowest BCUT2D eigenvalue weighted by molar-refractivity contribution is 0.0446. The number of aryl methyl sites for hydroxylation is 1. The van der Waals surface area contributed by atoms with Crippen molar-refractivity contribution in [2.75, 3.05) is 19.6 Å². The number of hydrogen-bond acceptors (Lipinski definition) is 4. The molecule has 2 unspecified atom stereocenters. The summed E-state index contributed by atoms with van der Waals surface area (Å²) < 4.78 is 7.21. The normalized spacial score (nSPS) is 22.3. The molecule has 2 atom stereocenters. The number of carbonyl (C=O) groups is 1. The molecular weight excluding hydrogens is 316 g/mol. The first-order chi connectivity index (χ1) is 11.8. The second-order valence-corrected chi connectivity index (χ2v) is 8.66. The fourth-order valence-electron chi connectivity index (χ4n) is 3.69. The molecule has 25 heavy (non-hydrogen) atoms. The van der Waals surface area contributed by atoms with Gasteiger partial charge in [0.1, 0.15) is 5.60 Å². The van der Waals surface area contributed by atoms with Crippen molar-refractivity contribution in [3.8, 4) is 0 Å². The van der Waals surface area contributed by atoms with E-state index in [1.807, 2.05) is 38.7 Å².